The van der Waals surface area contributed by atoms with Crippen molar-refractivity contribution in [3.63, 3.8) is 0 Å². The summed E-state index contributed by atoms with van der Waals surface area (Å²) in [5.74, 6) is 0.758. The van der Waals surface area contributed by atoms with Crippen molar-refractivity contribution < 1.29 is 4.79 Å². The van der Waals surface area contributed by atoms with E-state index in [0.717, 1.165) is 19.5 Å². The van der Waals surface area contributed by atoms with Crippen LogP contribution in [0.2, 0.25) is 0 Å². The summed E-state index contributed by atoms with van der Waals surface area (Å²) in [5, 5.41) is 2.16. The Hall–Kier alpha value is -0.610. The molecule has 18 heavy (non-hydrogen) atoms. The molecule has 0 aromatic heterocycles. The van der Waals surface area contributed by atoms with E-state index >= 15 is 0 Å². The van der Waals surface area contributed by atoms with Gasteiger partial charge in [-0.05, 0) is 48.0 Å². The van der Waals surface area contributed by atoms with Gasteiger partial charge in [0, 0.05) is 30.1 Å². The van der Waals surface area contributed by atoms with Crippen molar-refractivity contribution in [2.45, 2.75) is 65.1 Å². The Kier molecular flexibility index (Phi) is 3.23. The Morgan fingerprint density at radius 1 is 1.11 bits per heavy atom. The van der Waals surface area contributed by atoms with Gasteiger partial charge in [0.2, 0.25) is 5.91 Å². The minimum Gasteiger partial charge on any atom is -0.336 e. The molecule has 0 aliphatic carbocycles. The molecule has 2 unspecified atom stereocenters. The molecule has 1 amide bonds. The van der Waals surface area contributed by atoms with Gasteiger partial charge in [0.05, 0.1) is 0 Å². The highest BCUT2D eigenvalue weighted by molar-refractivity contribution is 5.84. The molecule has 0 bridgehead atoms. The van der Waals surface area contributed by atoms with Gasteiger partial charge in [0.1, 0.15) is 6.04 Å². The maximum absolute atomic E-state index is 12.8. The smallest absolute Gasteiger partial charge is 0.242 e. The maximum Gasteiger partial charge on any atom is 0.242 e. The van der Waals surface area contributed by atoms with Crippen LogP contribution in [0.5, 0.6) is 0 Å². The quantitative estimate of drug-likeness (QED) is 0.712. The average molecular weight is 253 g/mol. The van der Waals surface area contributed by atoms with E-state index in [9.17, 15) is 4.79 Å². The molecule has 2 aliphatic heterocycles. The zero-order valence-electron chi connectivity index (χ0n) is 12.6. The van der Waals surface area contributed by atoms with Gasteiger partial charge < -0.3 is 4.90 Å². The molecule has 1 N–H and O–H groups in total. The lowest BCUT2D eigenvalue weighted by atomic mass is 9.88. The highest BCUT2D eigenvalue weighted by Crippen LogP contribution is 2.33. The van der Waals surface area contributed by atoms with Crippen LogP contribution < -0.4 is 5.43 Å². The highest BCUT2D eigenvalue weighted by atomic mass is 16.2. The van der Waals surface area contributed by atoms with Crippen molar-refractivity contribution >= 4 is 5.91 Å². The fraction of sp³-hybridized carbons (Fsp3) is 0.929. The van der Waals surface area contributed by atoms with E-state index in [1.54, 1.807) is 0 Å². The second-order valence-electron chi connectivity index (χ2n) is 7.56. The first kappa shape index (κ1) is 13.8. The molecule has 2 saturated heterocycles. The van der Waals surface area contributed by atoms with Crippen molar-refractivity contribution in [2.75, 3.05) is 13.1 Å². The number of hydrazine groups is 1. The number of hydrogen-bond donors (Lipinski definition) is 1. The predicted molar refractivity (Wildman–Crippen MR) is 73.0 cm³/mol. The van der Waals surface area contributed by atoms with Crippen molar-refractivity contribution in [2.24, 2.45) is 5.92 Å². The number of amides is 1. The summed E-state index contributed by atoms with van der Waals surface area (Å²) < 4.78 is 0. The number of carbonyl (C=O) groups excluding carboxylic acids is 1. The summed E-state index contributed by atoms with van der Waals surface area (Å²) in [6, 6.07) is 0.0120. The Morgan fingerprint density at radius 3 is 2.22 bits per heavy atom. The molecule has 2 heterocycles. The predicted octanol–water partition coefficient (Wildman–Crippen LogP) is 1.62. The summed E-state index contributed by atoms with van der Waals surface area (Å²) in [6.45, 7) is 14.7. The highest BCUT2D eigenvalue weighted by Gasteiger charge is 2.49. The molecular weight excluding hydrogens is 226 g/mol. The van der Waals surface area contributed by atoms with Gasteiger partial charge in [-0.2, -0.15) is 0 Å². The molecule has 0 aromatic carbocycles. The molecule has 0 radical (unpaired) electrons. The topological polar surface area (TPSA) is 35.6 Å². The number of fused-ring (bicyclic) bond motifs is 1. The van der Waals surface area contributed by atoms with Crippen LogP contribution in [0, 0.1) is 5.92 Å². The number of rotatable bonds is 0. The van der Waals surface area contributed by atoms with E-state index in [2.05, 4.69) is 52.0 Å². The molecule has 0 saturated carbocycles. The van der Waals surface area contributed by atoms with Crippen LogP contribution >= 0.6 is 0 Å². The average Bonchev–Trinajstić information content (AvgIpc) is 2.59. The van der Waals surface area contributed by atoms with Gasteiger partial charge in [-0.1, -0.05) is 0 Å². The SMILES string of the molecule is CC(C)(C)N1CCC2CNN(C(C)(C)C)C2C1=O. The second-order valence-corrected chi connectivity index (χ2v) is 7.56. The van der Waals surface area contributed by atoms with E-state index in [4.69, 9.17) is 0 Å². The minimum absolute atomic E-state index is 0.0120. The number of hydrogen-bond acceptors (Lipinski definition) is 3. The Labute approximate surface area is 111 Å². The fourth-order valence-electron chi connectivity index (χ4n) is 3.09. The molecule has 2 fully saturated rings. The lowest BCUT2D eigenvalue weighted by molar-refractivity contribution is -0.149. The van der Waals surface area contributed by atoms with Crippen LogP contribution in [0.15, 0.2) is 0 Å². The fourth-order valence-corrected chi connectivity index (χ4v) is 3.09. The summed E-state index contributed by atoms with van der Waals surface area (Å²) in [4.78, 5) is 14.8. The van der Waals surface area contributed by atoms with Gasteiger partial charge in [0.15, 0.2) is 0 Å². The van der Waals surface area contributed by atoms with Crippen LogP contribution in [0.25, 0.3) is 0 Å². The lowest BCUT2D eigenvalue weighted by Crippen LogP contribution is -2.62. The van der Waals surface area contributed by atoms with E-state index in [-0.39, 0.29) is 17.1 Å². The standard InChI is InChI=1S/C14H27N3O/c1-13(2,3)16-8-7-10-9-15-17(14(4,5)6)11(10)12(16)18/h10-11,15H,7-9H2,1-6H3. The van der Waals surface area contributed by atoms with E-state index < -0.39 is 0 Å². The third kappa shape index (κ3) is 2.28. The van der Waals surface area contributed by atoms with Crippen molar-refractivity contribution in [1.82, 2.24) is 15.3 Å². The summed E-state index contributed by atoms with van der Waals surface area (Å²) in [5.41, 5.74) is 3.33. The van der Waals surface area contributed by atoms with E-state index in [1.807, 2.05) is 4.90 Å². The van der Waals surface area contributed by atoms with Crippen LogP contribution in [-0.2, 0) is 4.79 Å². The molecule has 4 nitrogen and oxygen atoms in total. The van der Waals surface area contributed by atoms with Crippen LogP contribution in [0.4, 0.5) is 0 Å². The monoisotopic (exact) mass is 253 g/mol. The molecule has 4 heteroatoms. The Balaban J connectivity index is 2.24. The van der Waals surface area contributed by atoms with Crippen LogP contribution in [0.3, 0.4) is 0 Å². The second kappa shape index (κ2) is 4.20. The lowest BCUT2D eigenvalue weighted by Gasteiger charge is -2.46. The Morgan fingerprint density at radius 2 is 1.72 bits per heavy atom. The Bertz CT molecular complexity index is 340. The third-order valence-corrected chi connectivity index (χ3v) is 4.02. The van der Waals surface area contributed by atoms with E-state index in [1.165, 1.54) is 0 Å². The van der Waals surface area contributed by atoms with Gasteiger partial charge in [0.25, 0.3) is 0 Å². The van der Waals surface area contributed by atoms with Gasteiger partial charge in [-0.3, -0.25) is 10.2 Å². The third-order valence-electron chi connectivity index (χ3n) is 4.02. The number of nitrogens with zero attached hydrogens (tertiary/aromatic N) is 2. The molecule has 2 atom stereocenters. The van der Waals surface area contributed by atoms with Crippen molar-refractivity contribution in [3.8, 4) is 0 Å². The van der Waals surface area contributed by atoms with Gasteiger partial charge in [-0.25, -0.2) is 5.01 Å². The number of nitrogens with one attached hydrogen (secondary N) is 1. The number of piperidine rings is 1. The number of likely N-dealkylation sites (tertiary alicyclic amines) is 1. The first-order valence-corrected chi connectivity index (χ1v) is 6.97. The normalized spacial score (nSPS) is 30.8. The van der Waals surface area contributed by atoms with Gasteiger partial charge >= 0.3 is 0 Å². The molecule has 104 valence electrons. The van der Waals surface area contributed by atoms with Crippen LogP contribution in [0.1, 0.15) is 48.0 Å². The minimum atomic E-state index is -0.0752. The van der Waals surface area contributed by atoms with Gasteiger partial charge in [-0.15, -0.1) is 0 Å². The van der Waals surface area contributed by atoms with E-state index in [0.29, 0.717) is 11.8 Å². The summed E-state index contributed by atoms with van der Waals surface area (Å²) in [7, 11) is 0. The molecule has 0 spiro atoms. The number of carbonyl (C=O) groups is 1. The summed E-state index contributed by atoms with van der Waals surface area (Å²) >= 11 is 0. The first-order valence-electron chi connectivity index (χ1n) is 6.97. The molecule has 0 aromatic rings. The zero-order valence-corrected chi connectivity index (χ0v) is 12.6. The maximum atomic E-state index is 12.8. The van der Waals surface area contributed by atoms with Crippen molar-refractivity contribution in [3.05, 3.63) is 0 Å². The largest absolute Gasteiger partial charge is 0.336 e. The zero-order chi connectivity index (χ0) is 13.7. The first-order chi connectivity index (χ1) is 8.12. The molecule has 2 rings (SSSR count). The molecular formula is C14H27N3O. The molecule has 2 aliphatic rings. The van der Waals surface area contributed by atoms with Crippen molar-refractivity contribution in [1.29, 1.82) is 0 Å². The summed E-state index contributed by atoms with van der Waals surface area (Å²) in [6.07, 6.45) is 1.10. The van der Waals surface area contributed by atoms with Crippen LogP contribution in [-0.4, -0.2) is 46.0 Å².